The van der Waals surface area contributed by atoms with Gasteiger partial charge in [0.1, 0.15) is 0 Å². The van der Waals surface area contributed by atoms with Crippen molar-refractivity contribution in [1.82, 2.24) is 5.43 Å². The van der Waals surface area contributed by atoms with Crippen LogP contribution in [0.5, 0.6) is 0 Å². The van der Waals surface area contributed by atoms with E-state index < -0.39 is 0 Å². The molecule has 0 atom stereocenters. The van der Waals surface area contributed by atoms with Crippen LogP contribution in [0.2, 0.25) is 0 Å². The van der Waals surface area contributed by atoms with Crippen molar-refractivity contribution in [3.63, 3.8) is 0 Å². The molecule has 1 N–H and O–H groups in total. The highest BCUT2D eigenvalue weighted by Gasteiger charge is 2.10. The number of amides is 1. The van der Waals surface area contributed by atoms with Crippen LogP contribution in [-0.4, -0.2) is 38.3 Å². The summed E-state index contributed by atoms with van der Waals surface area (Å²) in [4.78, 5) is 16.9. The number of hydrogen-bond acceptors (Lipinski definition) is 4. The van der Waals surface area contributed by atoms with Gasteiger partial charge in [-0.2, -0.15) is 5.10 Å². The second-order valence-electron chi connectivity index (χ2n) is 7.06. The van der Waals surface area contributed by atoms with Crippen LogP contribution in [0.1, 0.15) is 49.0 Å². The predicted molar refractivity (Wildman–Crippen MR) is 118 cm³/mol. The van der Waals surface area contributed by atoms with Gasteiger partial charge < -0.3 is 9.80 Å². The molecule has 28 heavy (non-hydrogen) atoms. The highest BCUT2D eigenvalue weighted by Crippen LogP contribution is 2.19. The van der Waals surface area contributed by atoms with Crippen LogP contribution in [0.25, 0.3) is 0 Å². The van der Waals surface area contributed by atoms with Crippen LogP contribution >= 0.6 is 0 Å². The number of rotatable bonds is 7. The minimum Gasteiger partial charge on any atom is -0.372 e. The van der Waals surface area contributed by atoms with E-state index in [9.17, 15) is 4.79 Å². The maximum Gasteiger partial charge on any atom is 0.271 e. The van der Waals surface area contributed by atoms with Crippen LogP contribution in [0.15, 0.2) is 53.6 Å². The summed E-state index contributed by atoms with van der Waals surface area (Å²) in [5.41, 5.74) is 6.57. The van der Waals surface area contributed by atoms with Crippen molar-refractivity contribution >= 4 is 23.5 Å². The first-order valence-electron chi connectivity index (χ1n) is 10.2. The normalized spacial score (nSPS) is 14.3. The number of anilines is 2. The largest absolute Gasteiger partial charge is 0.372 e. The van der Waals surface area contributed by atoms with Crippen molar-refractivity contribution < 1.29 is 4.79 Å². The van der Waals surface area contributed by atoms with Gasteiger partial charge in [-0.25, -0.2) is 5.43 Å². The Labute approximate surface area is 168 Å². The number of benzene rings is 2. The highest BCUT2D eigenvalue weighted by molar-refractivity contribution is 5.95. The van der Waals surface area contributed by atoms with Gasteiger partial charge in [-0.3, -0.25) is 4.79 Å². The number of nitrogens with zero attached hydrogens (tertiary/aromatic N) is 3. The number of carbonyl (C=O) groups is 1. The lowest BCUT2D eigenvalue weighted by Crippen LogP contribution is -2.29. The lowest BCUT2D eigenvalue weighted by atomic mass is 10.1. The maximum atomic E-state index is 12.3. The first-order chi connectivity index (χ1) is 13.7. The minimum absolute atomic E-state index is 0.202. The molecule has 1 saturated heterocycles. The van der Waals surface area contributed by atoms with Gasteiger partial charge in [0.05, 0.1) is 6.21 Å². The van der Waals surface area contributed by atoms with E-state index in [1.165, 1.54) is 24.9 Å². The average molecular weight is 379 g/mol. The predicted octanol–water partition coefficient (Wildman–Crippen LogP) is 4.29. The maximum absolute atomic E-state index is 12.3. The molecule has 0 aliphatic carbocycles. The fraction of sp³-hybridized carbons (Fsp3) is 0.391. The molecule has 1 fully saturated rings. The van der Waals surface area contributed by atoms with E-state index >= 15 is 0 Å². The van der Waals surface area contributed by atoms with E-state index in [1.54, 1.807) is 6.21 Å². The summed E-state index contributed by atoms with van der Waals surface area (Å²) < 4.78 is 0. The quantitative estimate of drug-likeness (QED) is 0.578. The molecule has 2 aromatic rings. The number of hydrogen-bond donors (Lipinski definition) is 1. The summed E-state index contributed by atoms with van der Waals surface area (Å²) in [7, 11) is 0. The first kappa shape index (κ1) is 19.9. The molecule has 0 bridgehead atoms. The Morgan fingerprint density at radius 3 is 2.25 bits per heavy atom. The Morgan fingerprint density at radius 2 is 1.64 bits per heavy atom. The molecule has 1 aliphatic heterocycles. The van der Waals surface area contributed by atoms with E-state index in [-0.39, 0.29) is 5.91 Å². The minimum atomic E-state index is -0.202. The van der Waals surface area contributed by atoms with E-state index in [0.29, 0.717) is 5.56 Å². The molecule has 1 heterocycles. The van der Waals surface area contributed by atoms with Crippen molar-refractivity contribution in [1.29, 1.82) is 0 Å². The molecule has 0 aromatic heterocycles. The van der Waals surface area contributed by atoms with Gasteiger partial charge >= 0.3 is 0 Å². The van der Waals surface area contributed by atoms with Crippen molar-refractivity contribution in [2.45, 2.75) is 33.1 Å². The highest BCUT2D eigenvalue weighted by atomic mass is 16.2. The second-order valence-corrected chi connectivity index (χ2v) is 7.06. The van der Waals surface area contributed by atoms with E-state index in [1.807, 2.05) is 36.4 Å². The topological polar surface area (TPSA) is 47.9 Å². The standard InChI is InChI=1S/C23H30N4O/c1-3-26(4-2)21-14-10-20(11-15-21)23(28)25-24-18-19-8-12-22(13-9-19)27-16-6-5-7-17-27/h8-15,18H,3-7,16-17H2,1-2H3,(H,25,28)/b24-18-. The van der Waals surface area contributed by atoms with Gasteiger partial charge in [-0.05, 0) is 75.1 Å². The fourth-order valence-corrected chi connectivity index (χ4v) is 3.57. The van der Waals surface area contributed by atoms with Crippen LogP contribution in [0.4, 0.5) is 11.4 Å². The monoisotopic (exact) mass is 378 g/mol. The summed E-state index contributed by atoms with van der Waals surface area (Å²) in [6.45, 7) is 8.41. The van der Waals surface area contributed by atoms with Crippen molar-refractivity contribution in [3.8, 4) is 0 Å². The summed E-state index contributed by atoms with van der Waals surface area (Å²) in [6.07, 6.45) is 5.55. The number of nitrogens with one attached hydrogen (secondary N) is 1. The van der Waals surface area contributed by atoms with E-state index in [4.69, 9.17) is 0 Å². The zero-order valence-electron chi connectivity index (χ0n) is 16.9. The summed E-state index contributed by atoms with van der Waals surface area (Å²) in [6, 6.07) is 16.0. The molecule has 1 aliphatic rings. The molecule has 5 heteroatoms. The molecule has 148 valence electrons. The molecule has 3 rings (SSSR count). The Hall–Kier alpha value is -2.82. The fourth-order valence-electron chi connectivity index (χ4n) is 3.57. The van der Waals surface area contributed by atoms with Gasteiger partial charge in [0.25, 0.3) is 5.91 Å². The number of piperidine rings is 1. The third kappa shape index (κ3) is 5.12. The van der Waals surface area contributed by atoms with Gasteiger partial charge in [0, 0.05) is 43.1 Å². The van der Waals surface area contributed by atoms with Crippen LogP contribution in [-0.2, 0) is 0 Å². The zero-order chi connectivity index (χ0) is 19.8. The zero-order valence-corrected chi connectivity index (χ0v) is 16.9. The lowest BCUT2D eigenvalue weighted by Gasteiger charge is -2.28. The smallest absolute Gasteiger partial charge is 0.271 e. The van der Waals surface area contributed by atoms with Gasteiger partial charge in [-0.15, -0.1) is 0 Å². The Morgan fingerprint density at radius 1 is 1.00 bits per heavy atom. The van der Waals surface area contributed by atoms with Crippen molar-refractivity contribution in [2.75, 3.05) is 36.0 Å². The Balaban J connectivity index is 1.54. The summed E-state index contributed by atoms with van der Waals surface area (Å²) in [5.74, 6) is -0.202. The lowest BCUT2D eigenvalue weighted by molar-refractivity contribution is 0.0955. The van der Waals surface area contributed by atoms with Gasteiger partial charge in [0.2, 0.25) is 0 Å². The van der Waals surface area contributed by atoms with E-state index in [0.717, 1.165) is 37.4 Å². The SMILES string of the molecule is CCN(CC)c1ccc(C(=O)N/N=C\c2ccc(N3CCCCC3)cc2)cc1. The average Bonchev–Trinajstić information content (AvgIpc) is 2.76. The van der Waals surface area contributed by atoms with Gasteiger partial charge in [0.15, 0.2) is 0 Å². The third-order valence-electron chi connectivity index (χ3n) is 5.25. The molecular formula is C23H30N4O. The molecule has 5 nitrogen and oxygen atoms in total. The van der Waals surface area contributed by atoms with Crippen LogP contribution in [0, 0.1) is 0 Å². The molecule has 0 spiro atoms. The van der Waals surface area contributed by atoms with E-state index in [2.05, 4.69) is 46.3 Å². The van der Waals surface area contributed by atoms with Crippen molar-refractivity contribution in [2.24, 2.45) is 5.10 Å². The summed E-state index contributed by atoms with van der Waals surface area (Å²) in [5, 5.41) is 4.10. The Bertz CT molecular complexity index is 773. The second kappa shape index (κ2) is 9.93. The molecule has 0 unspecified atom stereocenters. The molecular weight excluding hydrogens is 348 g/mol. The number of hydrazone groups is 1. The third-order valence-corrected chi connectivity index (χ3v) is 5.25. The molecule has 1 amide bonds. The summed E-state index contributed by atoms with van der Waals surface area (Å²) >= 11 is 0. The first-order valence-corrected chi connectivity index (χ1v) is 10.2. The van der Waals surface area contributed by atoms with Crippen LogP contribution < -0.4 is 15.2 Å². The Kier molecular flexibility index (Phi) is 7.06. The van der Waals surface area contributed by atoms with Crippen molar-refractivity contribution in [3.05, 3.63) is 59.7 Å². The molecule has 2 aromatic carbocycles. The molecule has 0 radical (unpaired) electrons. The van der Waals surface area contributed by atoms with Gasteiger partial charge in [-0.1, -0.05) is 12.1 Å². The van der Waals surface area contributed by atoms with Crippen LogP contribution in [0.3, 0.4) is 0 Å². The number of carbonyl (C=O) groups excluding carboxylic acids is 1. The molecule has 0 saturated carbocycles.